The van der Waals surface area contributed by atoms with Crippen LogP contribution in [0.4, 0.5) is 0 Å². The summed E-state index contributed by atoms with van der Waals surface area (Å²) in [5, 5.41) is 7.41. The average Bonchev–Trinajstić information content (AvgIpc) is 3.23. The highest BCUT2D eigenvalue weighted by Gasteiger charge is 2.20. The van der Waals surface area contributed by atoms with Crippen LogP contribution in [0.15, 0.2) is 46.1 Å². The molecule has 0 saturated carbocycles. The molecule has 2 heterocycles. The van der Waals surface area contributed by atoms with E-state index in [0.29, 0.717) is 6.54 Å². The molecule has 8 nitrogen and oxygen atoms in total. The quantitative estimate of drug-likeness (QED) is 0.345. The van der Waals surface area contributed by atoms with Gasteiger partial charge in [0.25, 0.3) is 0 Å². The number of halogens is 1. The molecule has 3 rings (SSSR count). The standard InChI is InChI=1S/C20H29N5O3.HI/c1-16(28-19-6-4-5-18(13-19)26-3)14-22-20(21-2)25-10-8-24(9-11-25)15-17-7-12-27-23-17;/h4-7,12-13,16H,8-11,14-15H2,1-3H3,(H,21,22);1H. The van der Waals surface area contributed by atoms with Crippen molar-refractivity contribution in [2.75, 3.05) is 46.9 Å². The van der Waals surface area contributed by atoms with Crippen molar-refractivity contribution in [3.63, 3.8) is 0 Å². The van der Waals surface area contributed by atoms with Crippen LogP contribution in [-0.4, -0.2) is 73.9 Å². The molecule has 0 aliphatic carbocycles. The summed E-state index contributed by atoms with van der Waals surface area (Å²) >= 11 is 0. The predicted octanol–water partition coefficient (Wildman–Crippen LogP) is 2.46. The number of aliphatic imine (C=N–C) groups is 1. The zero-order chi connectivity index (χ0) is 19.8. The number of rotatable bonds is 7. The second-order valence-electron chi connectivity index (χ2n) is 6.79. The third-order valence-corrected chi connectivity index (χ3v) is 4.69. The molecule has 1 aliphatic rings. The van der Waals surface area contributed by atoms with Crippen molar-refractivity contribution in [2.45, 2.75) is 19.6 Å². The van der Waals surface area contributed by atoms with E-state index in [4.69, 9.17) is 14.0 Å². The first kappa shape index (κ1) is 23.3. The van der Waals surface area contributed by atoms with Gasteiger partial charge >= 0.3 is 0 Å². The van der Waals surface area contributed by atoms with Gasteiger partial charge in [-0.15, -0.1) is 24.0 Å². The molecule has 9 heteroatoms. The zero-order valence-electron chi connectivity index (χ0n) is 17.2. The lowest BCUT2D eigenvalue weighted by Gasteiger charge is -2.36. The van der Waals surface area contributed by atoms with Gasteiger partial charge in [-0.1, -0.05) is 11.2 Å². The van der Waals surface area contributed by atoms with Gasteiger partial charge in [-0.3, -0.25) is 9.89 Å². The van der Waals surface area contributed by atoms with Crippen LogP contribution in [0.1, 0.15) is 12.6 Å². The van der Waals surface area contributed by atoms with Crippen molar-refractivity contribution in [2.24, 2.45) is 4.99 Å². The van der Waals surface area contributed by atoms with E-state index in [9.17, 15) is 0 Å². The van der Waals surface area contributed by atoms with Crippen molar-refractivity contribution < 1.29 is 14.0 Å². The lowest BCUT2D eigenvalue weighted by atomic mass is 10.3. The minimum Gasteiger partial charge on any atom is -0.497 e. The van der Waals surface area contributed by atoms with Crippen LogP contribution in [0.25, 0.3) is 0 Å². The van der Waals surface area contributed by atoms with Gasteiger partial charge < -0.3 is 24.2 Å². The summed E-state index contributed by atoms with van der Waals surface area (Å²) in [6.45, 7) is 7.29. The molecule has 1 aromatic heterocycles. The van der Waals surface area contributed by atoms with Gasteiger partial charge in [0.15, 0.2) is 5.96 Å². The summed E-state index contributed by atoms with van der Waals surface area (Å²) in [6, 6.07) is 9.56. The summed E-state index contributed by atoms with van der Waals surface area (Å²) < 4.78 is 16.1. The highest BCUT2D eigenvalue weighted by molar-refractivity contribution is 14.0. The van der Waals surface area contributed by atoms with Gasteiger partial charge in [0.2, 0.25) is 0 Å². The Hall–Kier alpha value is -2.01. The third kappa shape index (κ3) is 7.07. The number of benzene rings is 1. The Labute approximate surface area is 189 Å². The van der Waals surface area contributed by atoms with Crippen LogP contribution in [0.2, 0.25) is 0 Å². The number of methoxy groups -OCH3 is 1. The lowest BCUT2D eigenvalue weighted by Crippen LogP contribution is -2.53. The van der Waals surface area contributed by atoms with E-state index >= 15 is 0 Å². The number of hydrogen-bond acceptors (Lipinski definition) is 6. The zero-order valence-corrected chi connectivity index (χ0v) is 19.5. The highest BCUT2D eigenvalue weighted by Crippen LogP contribution is 2.19. The van der Waals surface area contributed by atoms with Crippen LogP contribution in [-0.2, 0) is 6.54 Å². The van der Waals surface area contributed by atoms with Gasteiger partial charge in [0, 0.05) is 51.9 Å². The van der Waals surface area contributed by atoms with Crippen molar-refractivity contribution in [3.05, 3.63) is 42.3 Å². The lowest BCUT2D eigenvalue weighted by molar-refractivity contribution is 0.167. The topological polar surface area (TPSA) is 75.4 Å². The molecule has 0 amide bonds. The van der Waals surface area contributed by atoms with Crippen LogP contribution in [0, 0.1) is 0 Å². The molecule has 1 atom stereocenters. The molecule has 0 radical (unpaired) electrons. The first-order valence-corrected chi connectivity index (χ1v) is 9.56. The van der Waals surface area contributed by atoms with E-state index in [1.165, 1.54) is 0 Å². The smallest absolute Gasteiger partial charge is 0.193 e. The SMILES string of the molecule is CN=C(NCC(C)Oc1cccc(OC)c1)N1CCN(Cc2ccon2)CC1.I. The Morgan fingerprint density at radius 3 is 2.66 bits per heavy atom. The first-order chi connectivity index (χ1) is 13.7. The number of ether oxygens (including phenoxy) is 2. The minimum absolute atomic E-state index is 0. The van der Waals surface area contributed by atoms with E-state index in [1.807, 2.05) is 44.3 Å². The summed E-state index contributed by atoms with van der Waals surface area (Å²) in [5.41, 5.74) is 0.972. The maximum Gasteiger partial charge on any atom is 0.193 e. The Bertz CT molecular complexity index is 748. The van der Waals surface area contributed by atoms with E-state index in [2.05, 4.69) is 25.3 Å². The van der Waals surface area contributed by atoms with Crippen LogP contribution < -0.4 is 14.8 Å². The van der Waals surface area contributed by atoms with Gasteiger partial charge in [0.05, 0.1) is 19.3 Å². The molecular formula is C20H30IN5O3. The van der Waals surface area contributed by atoms with E-state index in [0.717, 1.165) is 55.9 Å². The van der Waals surface area contributed by atoms with Crippen molar-refractivity contribution in [1.82, 2.24) is 20.3 Å². The summed E-state index contributed by atoms with van der Waals surface area (Å²) in [4.78, 5) is 9.08. The molecule has 1 aromatic carbocycles. The number of aromatic nitrogens is 1. The molecular weight excluding hydrogens is 485 g/mol. The highest BCUT2D eigenvalue weighted by atomic mass is 127. The number of hydrogen-bond donors (Lipinski definition) is 1. The van der Waals surface area contributed by atoms with Gasteiger partial charge in [-0.05, 0) is 19.1 Å². The molecule has 0 spiro atoms. The Morgan fingerprint density at radius 2 is 2.00 bits per heavy atom. The molecule has 1 unspecified atom stereocenters. The van der Waals surface area contributed by atoms with Gasteiger partial charge in [-0.2, -0.15) is 0 Å². The van der Waals surface area contributed by atoms with Crippen molar-refractivity contribution in [3.8, 4) is 11.5 Å². The number of nitrogens with one attached hydrogen (secondary N) is 1. The molecule has 0 bridgehead atoms. The first-order valence-electron chi connectivity index (χ1n) is 9.56. The fourth-order valence-corrected chi connectivity index (χ4v) is 3.18. The van der Waals surface area contributed by atoms with Crippen LogP contribution >= 0.6 is 24.0 Å². The van der Waals surface area contributed by atoms with E-state index in [1.54, 1.807) is 13.4 Å². The molecule has 1 N–H and O–H groups in total. The molecule has 29 heavy (non-hydrogen) atoms. The van der Waals surface area contributed by atoms with Crippen molar-refractivity contribution in [1.29, 1.82) is 0 Å². The molecule has 2 aromatic rings. The average molecular weight is 515 g/mol. The molecule has 1 aliphatic heterocycles. The third-order valence-electron chi connectivity index (χ3n) is 4.69. The summed E-state index contributed by atoms with van der Waals surface area (Å²) in [5.74, 6) is 2.49. The Morgan fingerprint density at radius 1 is 1.24 bits per heavy atom. The number of guanidine groups is 1. The predicted molar refractivity (Wildman–Crippen MR) is 123 cm³/mol. The summed E-state index contributed by atoms with van der Waals surface area (Å²) in [6.07, 6.45) is 1.61. The second kappa shape index (κ2) is 11.9. The second-order valence-corrected chi connectivity index (χ2v) is 6.79. The normalized spacial score (nSPS) is 16.1. The fourth-order valence-electron chi connectivity index (χ4n) is 3.18. The number of piperazine rings is 1. The molecule has 1 saturated heterocycles. The van der Waals surface area contributed by atoms with E-state index < -0.39 is 0 Å². The van der Waals surface area contributed by atoms with Crippen molar-refractivity contribution >= 4 is 29.9 Å². The minimum atomic E-state index is -0.00249. The largest absolute Gasteiger partial charge is 0.497 e. The number of nitrogens with zero attached hydrogens (tertiary/aromatic N) is 4. The Balaban J connectivity index is 0.00000300. The van der Waals surface area contributed by atoms with Crippen LogP contribution in [0.3, 0.4) is 0 Å². The molecule has 160 valence electrons. The Kier molecular flexibility index (Phi) is 9.52. The summed E-state index contributed by atoms with van der Waals surface area (Å²) in [7, 11) is 3.47. The molecule has 1 fully saturated rings. The maximum atomic E-state index is 5.97. The van der Waals surface area contributed by atoms with Crippen LogP contribution in [0.5, 0.6) is 11.5 Å². The van der Waals surface area contributed by atoms with Gasteiger partial charge in [0.1, 0.15) is 23.9 Å². The van der Waals surface area contributed by atoms with E-state index in [-0.39, 0.29) is 30.1 Å². The van der Waals surface area contributed by atoms with Gasteiger partial charge in [-0.25, -0.2) is 0 Å². The monoisotopic (exact) mass is 515 g/mol. The fraction of sp³-hybridized carbons (Fsp3) is 0.500. The maximum absolute atomic E-state index is 5.97.